The number of fused-ring (bicyclic) bond motifs is 2. The molecule has 0 aliphatic carbocycles. The second-order valence-electron chi connectivity index (χ2n) is 8.48. The van der Waals surface area contributed by atoms with E-state index in [9.17, 15) is 9.59 Å². The Hall–Kier alpha value is -3.77. The largest absolute Gasteiger partial charge is 0.490 e. The van der Waals surface area contributed by atoms with E-state index < -0.39 is 6.04 Å². The van der Waals surface area contributed by atoms with Crippen LogP contribution in [0.5, 0.6) is 11.5 Å². The van der Waals surface area contributed by atoms with Gasteiger partial charge in [0.25, 0.3) is 5.91 Å². The standard InChI is InChI=1S/C29H26ClNO5/c1-4-17-7-11-20(12-8-17)31-26(18-9-13-23(34-5-2)24(15-18)35-6-3)25-27(32)21-16-19(30)10-14-22(21)36-28(25)29(31)33/h7-16,26H,4-6H2,1-3H3. The second-order valence-corrected chi connectivity index (χ2v) is 8.92. The zero-order chi connectivity index (χ0) is 25.4. The highest BCUT2D eigenvalue weighted by atomic mass is 35.5. The zero-order valence-electron chi connectivity index (χ0n) is 20.3. The van der Waals surface area contributed by atoms with E-state index >= 15 is 0 Å². The lowest BCUT2D eigenvalue weighted by Gasteiger charge is -2.26. The molecular weight excluding hydrogens is 478 g/mol. The van der Waals surface area contributed by atoms with E-state index in [-0.39, 0.29) is 22.7 Å². The van der Waals surface area contributed by atoms with Gasteiger partial charge >= 0.3 is 0 Å². The van der Waals surface area contributed by atoms with Crippen LogP contribution in [0.1, 0.15) is 54.1 Å². The number of nitrogens with zero attached hydrogens (tertiary/aromatic N) is 1. The van der Waals surface area contributed by atoms with Gasteiger partial charge in [0.1, 0.15) is 5.58 Å². The topological polar surface area (TPSA) is 69.0 Å². The van der Waals surface area contributed by atoms with Gasteiger partial charge in [-0.25, -0.2) is 0 Å². The molecule has 0 saturated carbocycles. The van der Waals surface area contributed by atoms with Crippen LogP contribution in [0, 0.1) is 0 Å². The monoisotopic (exact) mass is 503 g/mol. The van der Waals surface area contributed by atoms with Gasteiger partial charge in [0, 0.05) is 10.7 Å². The molecule has 1 aliphatic heterocycles. The normalized spacial score (nSPS) is 14.8. The van der Waals surface area contributed by atoms with Crippen LogP contribution >= 0.6 is 11.6 Å². The Kier molecular flexibility index (Phi) is 6.46. The molecule has 0 N–H and O–H groups in total. The Morgan fingerprint density at radius 3 is 2.31 bits per heavy atom. The summed E-state index contributed by atoms with van der Waals surface area (Å²) < 4.78 is 17.6. The van der Waals surface area contributed by atoms with Crippen molar-refractivity contribution < 1.29 is 18.7 Å². The number of rotatable bonds is 7. The summed E-state index contributed by atoms with van der Waals surface area (Å²) in [6, 6.07) is 17.4. The summed E-state index contributed by atoms with van der Waals surface area (Å²) in [4.78, 5) is 29.2. The minimum atomic E-state index is -0.713. The third-order valence-electron chi connectivity index (χ3n) is 6.34. The summed E-state index contributed by atoms with van der Waals surface area (Å²) in [7, 11) is 0. The third-order valence-corrected chi connectivity index (χ3v) is 6.57. The van der Waals surface area contributed by atoms with E-state index in [1.54, 1.807) is 23.1 Å². The molecule has 0 bridgehead atoms. The molecule has 1 atom stereocenters. The predicted octanol–water partition coefficient (Wildman–Crippen LogP) is 6.56. The van der Waals surface area contributed by atoms with E-state index in [1.807, 2.05) is 56.3 Å². The van der Waals surface area contributed by atoms with Crippen LogP contribution in [0.25, 0.3) is 11.0 Å². The summed E-state index contributed by atoms with van der Waals surface area (Å²) in [5, 5.41) is 0.750. The highest BCUT2D eigenvalue weighted by molar-refractivity contribution is 6.31. The average molecular weight is 504 g/mol. The van der Waals surface area contributed by atoms with Gasteiger partial charge in [0.2, 0.25) is 5.76 Å². The summed E-state index contributed by atoms with van der Waals surface area (Å²) in [6.45, 7) is 6.79. The summed E-state index contributed by atoms with van der Waals surface area (Å²) in [6.07, 6.45) is 0.876. The molecule has 1 aromatic heterocycles. The van der Waals surface area contributed by atoms with E-state index in [0.29, 0.717) is 52.0 Å². The Balaban J connectivity index is 1.76. The average Bonchev–Trinajstić information content (AvgIpc) is 3.18. The van der Waals surface area contributed by atoms with Gasteiger partial charge in [-0.3, -0.25) is 14.5 Å². The molecule has 2 heterocycles. The fourth-order valence-electron chi connectivity index (χ4n) is 4.66. The van der Waals surface area contributed by atoms with E-state index in [4.69, 9.17) is 25.5 Å². The number of carbonyl (C=O) groups excluding carboxylic acids is 1. The van der Waals surface area contributed by atoms with Crippen molar-refractivity contribution in [1.82, 2.24) is 0 Å². The maximum absolute atomic E-state index is 13.8. The molecule has 0 radical (unpaired) electrons. The summed E-state index contributed by atoms with van der Waals surface area (Å²) in [5.41, 5.74) is 2.84. The number of aryl methyl sites for hydroxylation is 1. The van der Waals surface area contributed by atoms with Crippen LogP contribution < -0.4 is 19.8 Å². The quantitative estimate of drug-likeness (QED) is 0.286. The fourth-order valence-corrected chi connectivity index (χ4v) is 4.83. The summed E-state index contributed by atoms with van der Waals surface area (Å²) in [5.74, 6) is 0.808. The predicted molar refractivity (Wildman–Crippen MR) is 141 cm³/mol. The highest BCUT2D eigenvalue weighted by Crippen LogP contribution is 2.43. The van der Waals surface area contributed by atoms with Gasteiger partial charge in [-0.2, -0.15) is 0 Å². The van der Waals surface area contributed by atoms with Gasteiger partial charge in [0.05, 0.1) is 30.2 Å². The molecule has 36 heavy (non-hydrogen) atoms. The zero-order valence-corrected chi connectivity index (χ0v) is 21.1. The maximum Gasteiger partial charge on any atom is 0.295 e. The lowest BCUT2D eigenvalue weighted by Crippen LogP contribution is -2.29. The van der Waals surface area contributed by atoms with Crippen LogP contribution in [0.4, 0.5) is 5.69 Å². The first-order valence-electron chi connectivity index (χ1n) is 12.0. The lowest BCUT2D eigenvalue weighted by atomic mass is 9.97. The molecular formula is C29H26ClNO5. The number of anilines is 1. The number of hydrogen-bond acceptors (Lipinski definition) is 5. The van der Waals surface area contributed by atoms with Gasteiger partial charge in [-0.15, -0.1) is 0 Å². The number of benzene rings is 3. The minimum Gasteiger partial charge on any atom is -0.490 e. The molecule has 0 saturated heterocycles. The van der Waals surface area contributed by atoms with Gasteiger partial charge in [-0.05, 0) is 73.9 Å². The van der Waals surface area contributed by atoms with Gasteiger partial charge in [0.15, 0.2) is 16.9 Å². The molecule has 0 spiro atoms. The van der Waals surface area contributed by atoms with Gasteiger partial charge < -0.3 is 13.9 Å². The number of halogens is 1. The Labute approximate surface area is 214 Å². The van der Waals surface area contributed by atoms with Crippen LogP contribution in [-0.2, 0) is 6.42 Å². The SMILES string of the molecule is CCOc1ccc(C2c3c(oc4ccc(Cl)cc4c3=O)C(=O)N2c2ccc(CC)cc2)cc1OCC. The van der Waals surface area contributed by atoms with Crippen molar-refractivity contribution in [2.24, 2.45) is 0 Å². The first-order chi connectivity index (χ1) is 17.5. The van der Waals surface area contributed by atoms with E-state index in [2.05, 4.69) is 6.92 Å². The van der Waals surface area contributed by atoms with Crippen molar-refractivity contribution in [3.05, 3.63) is 98.4 Å². The van der Waals surface area contributed by atoms with Gasteiger partial charge in [-0.1, -0.05) is 36.7 Å². The molecule has 4 aromatic rings. The van der Waals surface area contributed by atoms with Crippen LogP contribution in [0.15, 0.2) is 69.9 Å². The lowest BCUT2D eigenvalue weighted by molar-refractivity contribution is 0.0971. The van der Waals surface area contributed by atoms with Crippen LogP contribution in [0.2, 0.25) is 5.02 Å². The molecule has 7 heteroatoms. The highest BCUT2D eigenvalue weighted by Gasteiger charge is 2.44. The molecule has 1 aliphatic rings. The van der Waals surface area contributed by atoms with Crippen molar-refractivity contribution in [1.29, 1.82) is 0 Å². The van der Waals surface area contributed by atoms with Crippen LogP contribution in [-0.4, -0.2) is 19.1 Å². The maximum atomic E-state index is 13.8. The van der Waals surface area contributed by atoms with Crippen molar-refractivity contribution in [3.8, 4) is 11.5 Å². The number of hydrogen-bond donors (Lipinski definition) is 0. The number of carbonyl (C=O) groups is 1. The van der Waals surface area contributed by atoms with E-state index in [0.717, 1.165) is 12.0 Å². The third kappa shape index (κ3) is 4.01. The van der Waals surface area contributed by atoms with E-state index in [1.165, 1.54) is 0 Å². The fraction of sp³-hybridized carbons (Fsp3) is 0.241. The second kappa shape index (κ2) is 9.70. The molecule has 3 aromatic carbocycles. The van der Waals surface area contributed by atoms with Crippen molar-refractivity contribution in [3.63, 3.8) is 0 Å². The van der Waals surface area contributed by atoms with Crippen molar-refractivity contribution in [2.45, 2.75) is 33.2 Å². The molecule has 6 nitrogen and oxygen atoms in total. The molecule has 1 amide bonds. The molecule has 184 valence electrons. The molecule has 5 rings (SSSR count). The molecule has 1 unspecified atom stereocenters. The van der Waals surface area contributed by atoms with Crippen LogP contribution in [0.3, 0.4) is 0 Å². The number of ether oxygens (including phenoxy) is 2. The smallest absolute Gasteiger partial charge is 0.295 e. The minimum absolute atomic E-state index is 0.0336. The first-order valence-corrected chi connectivity index (χ1v) is 12.4. The number of amides is 1. The Morgan fingerprint density at radius 1 is 0.889 bits per heavy atom. The van der Waals surface area contributed by atoms with Crippen molar-refractivity contribution >= 4 is 34.2 Å². The summed E-state index contributed by atoms with van der Waals surface area (Å²) >= 11 is 6.19. The Bertz CT molecular complexity index is 1510. The first kappa shape index (κ1) is 23.9. The Morgan fingerprint density at radius 2 is 1.61 bits per heavy atom. The molecule has 0 fully saturated rings. The van der Waals surface area contributed by atoms with Crippen molar-refractivity contribution in [2.75, 3.05) is 18.1 Å².